The van der Waals surface area contributed by atoms with E-state index in [1.165, 1.54) is 0 Å². The Kier molecular flexibility index (Phi) is 2.45. The van der Waals surface area contributed by atoms with Gasteiger partial charge in [-0.3, -0.25) is 4.98 Å². The number of nitrogens with zero attached hydrogens (tertiary/aromatic N) is 2. The Morgan fingerprint density at radius 3 is 2.86 bits per heavy atom. The van der Waals surface area contributed by atoms with Gasteiger partial charge >= 0.3 is 0 Å². The lowest BCUT2D eigenvalue weighted by atomic mass is 10.3. The summed E-state index contributed by atoms with van der Waals surface area (Å²) in [5.74, 6) is 0. The van der Waals surface area contributed by atoms with E-state index in [1.807, 2.05) is 38.4 Å². The third-order valence-electron chi connectivity index (χ3n) is 1.86. The highest BCUT2D eigenvalue weighted by molar-refractivity contribution is 7.18. The minimum atomic E-state index is 0.920. The molecule has 0 saturated carbocycles. The molecule has 0 fully saturated rings. The number of rotatable bonds is 2. The molecule has 0 aromatic carbocycles. The quantitative estimate of drug-likeness (QED) is 0.818. The third-order valence-corrected chi connectivity index (χ3v) is 2.90. The van der Waals surface area contributed by atoms with Crippen molar-refractivity contribution in [3.8, 4) is 10.6 Å². The van der Waals surface area contributed by atoms with Crippen LogP contribution in [0.3, 0.4) is 0 Å². The van der Waals surface area contributed by atoms with Crippen molar-refractivity contribution in [2.75, 3.05) is 12.4 Å². The number of hydrogen-bond donors (Lipinski definition) is 1. The molecule has 0 aliphatic carbocycles. The van der Waals surface area contributed by atoms with Gasteiger partial charge in [0.15, 0.2) is 5.13 Å². The molecular weight excluding hydrogens is 194 g/mol. The summed E-state index contributed by atoms with van der Waals surface area (Å²) in [5.41, 5.74) is 2.02. The van der Waals surface area contributed by atoms with Crippen molar-refractivity contribution in [3.05, 3.63) is 30.1 Å². The molecule has 2 rings (SSSR count). The molecule has 2 aromatic rings. The summed E-state index contributed by atoms with van der Waals surface area (Å²) in [6.45, 7) is 1.99. The van der Waals surface area contributed by atoms with E-state index in [9.17, 15) is 0 Å². The molecule has 0 amide bonds. The van der Waals surface area contributed by atoms with Gasteiger partial charge in [0.1, 0.15) is 0 Å². The highest BCUT2D eigenvalue weighted by atomic mass is 32.1. The molecule has 0 aliphatic rings. The van der Waals surface area contributed by atoms with Gasteiger partial charge in [-0.05, 0) is 19.1 Å². The third kappa shape index (κ3) is 1.75. The molecule has 0 spiro atoms. The van der Waals surface area contributed by atoms with Crippen LogP contribution in [-0.4, -0.2) is 17.0 Å². The topological polar surface area (TPSA) is 37.8 Å². The molecule has 0 aliphatic heterocycles. The van der Waals surface area contributed by atoms with Gasteiger partial charge in [-0.2, -0.15) is 0 Å². The van der Waals surface area contributed by atoms with Crippen LogP contribution in [0.25, 0.3) is 10.6 Å². The molecule has 3 nitrogen and oxygen atoms in total. The Labute approximate surface area is 86.8 Å². The summed E-state index contributed by atoms with van der Waals surface area (Å²) in [6, 6.07) is 6.00. The van der Waals surface area contributed by atoms with Gasteiger partial charge in [-0.1, -0.05) is 17.4 Å². The van der Waals surface area contributed by atoms with Crippen LogP contribution in [0.15, 0.2) is 24.4 Å². The van der Waals surface area contributed by atoms with Crippen LogP contribution in [0.2, 0.25) is 0 Å². The standard InChI is InChI=1S/C10H11N3S/c1-7-4-3-5-8(13-7)9-6-12-10(11-2)14-9/h3-6H,1-2H3,(H,11,12). The Bertz CT molecular complexity index is 436. The second-order valence-electron chi connectivity index (χ2n) is 2.94. The van der Waals surface area contributed by atoms with E-state index in [4.69, 9.17) is 0 Å². The molecule has 0 bridgehead atoms. The predicted molar refractivity (Wildman–Crippen MR) is 59.6 cm³/mol. The van der Waals surface area contributed by atoms with Crippen LogP contribution in [0.4, 0.5) is 5.13 Å². The summed E-state index contributed by atoms with van der Waals surface area (Å²) in [4.78, 5) is 9.74. The molecule has 14 heavy (non-hydrogen) atoms. The van der Waals surface area contributed by atoms with Crippen molar-refractivity contribution >= 4 is 16.5 Å². The molecule has 4 heteroatoms. The average Bonchev–Trinajstić information content (AvgIpc) is 2.66. The predicted octanol–water partition coefficient (Wildman–Crippen LogP) is 2.56. The maximum absolute atomic E-state index is 4.43. The second kappa shape index (κ2) is 3.75. The highest BCUT2D eigenvalue weighted by Crippen LogP contribution is 2.26. The Morgan fingerprint density at radius 1 is 1.36 bits per heavy atom. The monoisotopic (exact) mass is 205 g/mol. The minimum Gasteiger partial charge on any atom is -0.365 e. The van der Waals surface area contributed by atoms with E-state index in [1.54, 1.807) is 11.3 Å². The van der Waals surface area contributed by atoms with Crippen molar-refractivity contribution in [1.82, 2.24) is 9.97 Å². The highest BCUT2D eigenvalue weighted by Gasteiger charge is 2.03. The first-order chi connectivity index (χ1) is 6.79. The van der Waals surface area contributed by atoms with E-state index in [2.05, 4.69) is 15.3 Å². The first-order valence-corrected chi connectivity index (χ1v) is 5.19. The Hall–Kier alpha value is -1.42. The molecule has 2 aromatic heterocycles. The Balaban J connectivity index is 2.39. The van der Waals surface area contributed by atoms with Gasteiger partial charge in [0.25, 0.3) is 0 Å². The van der Waals surface area contributed by atoms with E-state index in [0.717, 1.165) is 21.4 Å². The van der Waals surface area contributed by atoms with Gasteiger partial charge in [-0.15, -0.1) is 0 Å². The van der Waals surface area contributed by atoms with Gasteiger partial charge in [-0.25, -0.2) is 4.98 Å². The van der Waals surface area contributed by atoms with Crippen molar-refractivity contribution in [2.24, 2.45) is 0 Å². The Morgan fingerprint density at radius 2 is 2.21 bits per heavy atom. The zero-order valence-corrected chi connectivity index (χ0v) is 8.93. The number of thiazole rings is 1. The fraction of sp³-hybridized carbons (Fsp3) is 0.200. The SMILES string of the molecule is CNc1ncc(-c2cccc(C)n2)s1. The molecule has 0 radical (unpaired) electrons. The zero-order chi connectivity index (χ0) is 9.97. The van der Waals surface area contributed by atoms with E-state index >= 15 is 0 Å². The van der Waals surface area contributed by atoms with Crippen molar-refractivity contribution in [1.29, 1.82) is 0 Å². The number of aryl methyl sites for hydroxylation is 1. The average molecular weight is 205 g/mol. The summed E-state index contributed by atoms with van der Waals surface area (Å²) in [6.07, 6.45) is 1.85. The van der Waals surface area contributed by atoms with Crippen molar-refractivity contribution < 1.29 is 0 Å². The van der Waals surface area contributed by atoms with Crippen LogP contribution in [0.5, 0.6) is 0 Å². The molecule has 72 valence electrons. The summed E-state index contributed by atoms with van der Waals surface area (Å²) in [7, 11) is 1.87. The van der Waals surface area contributed by atoms with Crippen LogP contribution in [-0.2, 0) is 0 Å². The van der Waals surface area contributed by atoms with E-state index in [-0.39, 0.29) is 0 Å². The summed E-state index contributed by atoms with van der Waals surface area (Å²) < 4.78 is 0. The molecule has 2 heterocycles. The summed E-state index contributed by atoms with van der Waals surface area (Å²) in [5, 5.41) is 3.93. The first-order valence-electron chi connectivity index (χ1n) is 4.37. The van der Waals surface area contributed by atoms with Gasteiger partial charge in [0.05, 0.1) is 10.6 Å². The van der Waals surface area contributed by atoms with E-state index in [0.29, 0.717) is 0 Å². The minimum absolute atomic E-state index is 0.920. The number of anilines is 1. The lowest BCUT2D eigenvalue weighted by Crippen LogP contribution is -1.83. The summed E-state index contributed by atoms with van der Waals surface area (Å²) >= 11 is 1.61. The number of nitrogens with one attached hydrogen (secondary N) is 1. The maximum Gasteiger partial charge on any atom is 0.182 e. The second-order valence-corrected chi connectivity index (χ2v) is 3.97. The van der Waals surface area contributed by atoms with E-state index < -0.39 is 0 Å². The molecule has 0 saturated heterocycles. The van der Waals surface area contributed by atoms with Gasteiger partial charge in [0, 0.05) is 18.9 Å². The fourth-order valence-electron chi connectivity index (χ4n) is 1.19. The molecule has 0 unspecified atom stereocenters. The van der Waals surface area contributed by atoms with Crippen LogP contribution >= 0.6 is 11.3 Å². The molecule has 1 N–H and O–H groups in total. The largest absolute Gasteiger partial charge is 0.365 e. The van der Waals surface area contributed by atoms with Crippen molar-refractivity contribution in [3.63, 3.8) is 0 Å². The van der Waals surface area contributed by atoms with Crippen LogP contribution in [0.1, 0.15) is 5.69 Å². The van der Waals surface area contributed by atoms with Crippen LogP contribution in [0, 0.1) is 6.92 Å². The smallest absolute Gasteiger partial charge is 0.182 e. The maximum atomic E-state index is 4.43. The normalized spacial score (nSPS) is 10.1. The zero-order valence-electron chi connectivity index (χ0n) is 8.11. The lowest BCUT2D eigenvalue weighted by molar-refractivity contribution is 1.21. The van der Waals surface area contributed by atoms with Crippen LogP contribution < -0.4 is 5.32 Å². The fourth-order valence-corrected chi connectivity index (χ4v) is 1.93. The van der Waals surface area contributed by atoms with Gasteiger partial charge in [0.2, 0.25) is 0 Å². The molecule has 0 atom stereocenters. The number of pyridine rings is 1. The first kappa shape index (κ1) is 9.15. The van der Waals surface area contributed by atoms with Crippen molar-refractivity contribution in [2.45, 2.75) is 6.92 Å². The lowest BCUT2D eigenvalue weighted by Gasteiger charge is -1.96. The van der Waals surface area contributed by atoms with Gasteiger partial charge < -0.3 is 5.32 Å². The number of hydrogen-bond acceptors (Lipinski definition) is 4. The number of aromatic nitrogens is 2. The molecular formula is C10H11N3S.